The molecule has 0 aliphatic rings. The molecule has 0 fully saturated rings. The molecular weight excluding hydrogens is 326 g/mol. The van der Waals surface area contributed by atoms with E-state index in [0.29, 0.717) is 0 Å². The van der Waals surface area contributed by atoms with Crippen molar-refractivity contribution in [3.05, 3.63) is 70.7 Å². The van der Waals surface area contributed by atoms with Gasteiger partial charge >= 0.3 is 0 Å². The van der Waals surface area contributed by atoms with E-state index < -0.39 is 0 Å². The van der Waals surface area contributed by atoms with E-state index in [9.17, 15) is 0 Å². The van der Waals surface area contributed by atoms with Crippen molar-refractivity contribution in [2.45, 2.75) is 12.8 Å². The molecule has 4 heteroatoms. The molecule has 0 radical (unpaired) electrons. The molecule has 104 valence electrons. The zero-order valence-corrected chi connectivity index (χ0v) is 13.0. The average molecular weight is 340 g/mol. The molecule has 0 atom stereocenters. The SMILES string of the molecule is Brc1ccc2cc(CCc3cn4ccccc4n3)[nH]c2c1. The first kappa shape index (κ1) is 12.7. The Hall–Kier alpha value is -2.07. The number of hydrogen-bond donors (Lipinski definition) is 1. The Labute approximate surface area is 130 Å². The van der Waals surface area contributed by atoms with Crippen LogP contribution in [0.1, 0.15) is 11.4 Å². The molecule has 0 aliphatic carbocycles. The van der Waals surface area contributed by atoms with Gasteiger partial charge in [-0.3, -0.25) is 0 Å². The molecule has 3 heterocycles. The van der Waals surface area contributed by atoms with Crippen molar-refractivity contribution in [3.63, 3.8) is 0 Å². The maximum absolute atomic E-state index is 4.64. The Morgan fingerprint density at radius 1 is 1.10 bits per heavy atom. The van der Waals surface area contributed by atoms with E-state index in [1.165, 1.54) is 16.6 Å². The van der Waals surface area contributed by atoms with Gasteiger partial charge in [0.05, 0.1) is 5.69 Å². The highest BCUT2D eigenvalue weighted by Gasteiger charge is 2.04. The van der Waals surface area contributed by atoms with Crippen LogP contribution >= 0.6 is 15.9 Å². The highest BCUT2D eigenvalue weighted by atomic mass is 79.9. The number of nitrogens with zero attached hydrogens (tertiary/aromatic N) is 2. The molecule has 0 bridgehead atoms. The van der Waals surface area contributed by atoms with Crippen LogP contribution in [-0.4, -0.2) is 14.4 Å². The predicted octanol–water partition coefficient (Wildman–Crippen LogP) is 4.36. The topological polar surface area (TPSA) is 33.1 Å². The van der Waals surface area contributed by atoms with Gasteiger partial charge in [-0.15, -0.1) is 0 Å². The highest BCUT2D eigenvalue weighted by molar-refractivity contribution is 9.10. The highest BCUT2D eigenvalue weighted by Crippen LogP contribution is 2.21. The van der Waals surface area contributed by atoms with Gasteiger partial charge in [0.2, 0.25) is 0 Å². The number of nitrogens with one attached hydrogen (secondary N) is 1. The van der Waals surface area contributed by atoms with Crippen LogP contribution in [0.2, 0.25) is 0 Å². The fraction of sp³-hybridized carbons (Fsp3) is 0.118. The van der Waals surface area contributed by atoms with E-state index >= 15 is 0 Å². The van der Waals surface area contributed by atoms with Crippen molar-refractivity contribution in [1.29, 1.82) is 0 Å². The lowest BCUT2D eigenvalue weighted by atomic mass is 10.2. The zero-order valence-electron chi connectivity index (χ0n) is 11.4. The third kappa shape index (κ3) is 2.47. The van der Waals surface area contributed by atoms with E-state index in [4.69, 9.17) is 0 Å². The number of hydrogen-bond acceptors (Lipinski definition) is 1. The lowest BCUT2D eigenvalue weighted by Crippen LogP contribution is -1.91. The van der Waals surface area contributed by atoms with Gasteiger partial charge in [0.1, 0.15) is 5.65 Å². The van der Waals surface area contributed by atoms with Crippen LogP contribution in [0, 0.1) is 0 Å². The first-order chi connectivity index (χ1) is 10.3. The van der Waals surface area contributed by atoms with Crippen molar-refractivity contribution in [2.75, 3.05) is 0 Å². The van der Waals surface area contributed by atoms with Gasteiger partial charge in [0.25, 0.3) is 0 Å². The number of halogens is 1. The molecule has 1 aromatic carbocycles. The van der Waals surface area contributed by atoms with Crippen molar-refractivity contribution in [2.24, 2.45) is 0 Å². The summed E-state index contributed by atoms with van der Waals surface area (Å²) in [5, 5.41) is 1.25. The summed E-state index contributed by atoms with van der Waals surface area (Å²) in [6.07, 6.45) is 6.05. The van der Waals surface area contributed by atoms with E-state index in [0.717, 1.165) is 28.7 Å². The second-order valence-corrected chi connectivity index (χ2v) is 6.14. The summed E-state index contributed by atoms with van der Waals surface area (Å²) in [4.78, 5) is 8.11. The zero-order chi connectivity index (χ0) is 14.2. The normalized spacial score (nSPS) is 11.5. The molecule has 1 N–H and O–H groups in total. The Balaban J connectivity index is 1.57. The molecule has 3 nitrogen and oxygen atoms in total. The summed E-state index contributed by atoms with van der Waals surface area (Å²) in [6.45, 7) is 0. The first-order valence-electron chi connectivity index (χ1n) is 6.98. The van der Waals surface area contributed by atoms with Crippen LogP contribution in [0.5, 0.6) is 0 Å². The number of H-pyrrole nitrogens is 1. The lowest BCUT2D eigenvalue weighted by molar-refractivity contribution is 0.903. The molecule has 0 spiro atoms. The van der Waals surface area contributed by atoms with Crippen LogP contribution in [-0.2, 0) is 12.8 Å². The van der Waals surface area contributed by atoms with Crippen LogP contribution in [0.25, 0.3) is 16.6 Å². The molecule has 0 saturated carbocycles. The number of aryl methyl sites for hydroxylation is 2. The fourth-order valence-corrected chi connectivity index (χ4v) is 3.03. The lowest BCUT2D eigenvalue weighted by Gasteiger charge is -1.94. The largest absolute Gasteiger partial charge is 0.358 e. The summed E-state index contributed by atoms with van der Waals surface area (Å²) in [5.74, 6) is 0. The number of aromatic amines is 1. The number of benzene rings is 1. The molecule has 0 amide bonds. The van der Waals surface area contributed by atoms with Gasteiger partial charge in [-0.2, -0.15) is 0 Å². The Morgan fingerprint density at radius 2 is 2.05 bits per heavy atom. The minimum atomic E-state index is 0.940. The van der Waals surface area contributed by atoms with Gasteiger partial charge in [0.15, 0.2) is 0 Å². The van der Waals surface area contributed by atoms with Crippen LogP contribution in [0.3, 0.4) is 0 Å². The second-order valence-electron chi connectivity index (χ2n) is 5.22. The maximum Gasteiger partial charge on any atom is 0.136 e. The third-order valence-corrected chi connectivity index (χ3v) is 4.20. The minimum Gasteiger partial charge on any atom is -0.358 e. The maximum atomic E-state index is 4.64. The number of fused-ring (bicyclic) bond motifs is 2. The average Bonchev–Trinajstić information content (AvgIpc) is 3.07. The molecule has 21 heavy (non-hydrogen) atoms. The van der Waals surface area contributed by atoms with Crippen molar-refractivity contribution < 1.29 is 0 Å². The Kier molecular flexibility index (Phi) is 3.04. The van der Waals surface area contributed by atoms with E-state index in [1.807, 2.05) is 24.4 Å². The van der Waals surface area contributed by atoms with Crippen LogP contribution in [0.4, 0.5) is 0 Å². The number of aromatic nitrogens is 3. The molecule has 4 rings (SSSR count). The van der Waals surface area contributed by atoms with Crippen LogP contribution < -0.4 is 0 Å². The fourth-order valence-electron chi connectivity index (χ4n) is 2.66. The number of imidazole rings is 1. The summed E-state index contributed by atoms with van der Waals surface area (Å²) >= 11 is 3.50. The summed E-state index contributed by atoms with van der Waals surface area (Å²) in [7, 11) is 0. The van der Waals surface area contributed by atoms with E-state index in [1.54, 1.807) is 0 Å². The van der Waals surface area contributed by atoms with Gasteiger partial charge in [-0.05, 0) is 48.6 Å². The Morgan fingerprint density at radius 3 is 2.95 bits per heavy atom. The predicted molar refractivity (Wildman–Crippen MR) is 88.6 cm³/mol. The van der Waals surface area contributed by atoms with Gasteiger partial charge in [-0.1, -0.05) is 28.1 Å². The molecule has 4 aromatic rings. The quantitative estimate of drug-likeness (QED) is 0.590. The van der Waals surface area contributed by atoms with Gasteiger partial charge in [0, 0.05) is 28.1 Å². The summed E-state index contributed by atoms with van der Waals surface area (Å²) < 4.78 is 3.17. The molecule has 0 unspecified atom stereocenters. The van der Waals surface area contributed by atoms with Gasteiger partial charge < -0.3 is 9.38 Å². The second kappa shape index (κ2) is 5.04. The van der Waals surface area contributed by atoms with Crippen molar-refractivity contribution >= 4 is 32.5 Å². The van der Waals surface area contributed by atoms with Crippen molar-refractivity contribution in [1.82, 2.24) is 14.4 Å². The van der Waals surface area contributed by atoms with Gasteiger partial charge in [-0.25, -0.2) is 4.98 Å². The van der Waals surface area contributed by atoms with Crippen molar-refractivity contribution in [3.8, 4) is 0 Å². The minimum absolute atomic E-state index is 0.940. The van der Waals surface area contributed by atoms with E-state index in [-0.39, 0.29) is 0 Å². The third-order valence-electron chi connectivity index (χ3n) is 3.70. The smallest absolute Gasteiger partial charge is 0.136 e. The van der Waals surface area contributed by atoms with Crippen LogP contribution in [0.15, 0.2) is 59.3 Å². The first-order valence-corrected chi connectivity index (χ1v) is 7.77. The molecule has 3 aromatic heterocycles. The molecule has 0 saturated heterocycles. The summed E-state index contributed by atoms with van der Waals surface area (Å²) in [6, 6.07) is 14.6. The Bertz CT molecular complexity index is 887. The number of rotatable bonds is 3. The number of pyridine rings is 1. The standard InChI is InChI=1S/C17H14BrN3/c18-13-5-4-12-9-14(19-16(12)10-13)6-7-15-11-21-8-2-1-3-17(21)20-15/h1-5,8-11,19H,6-7H2. The van der Waals surface area contributed by atoms with E-state index in [2.05, 4.69) is 60.8 Å². The molecule has 0 aliphatic heterocycles. The molecular formula is C17H14BrN3. The monoisotopic (exact) mass is 339 g/mol. The summed E-state index contributed by atoms with van der Waals surface area (Å²) in [5.41, 5.74) is 4.56.